The lowest BCUT2D eigenvalue weighted by Crippen LogP contribution is -2.54. The van der Waals surface area contributed by atoms with Crippen molar-refractivity contribution >= 4 is 23.4 Å². The Labute approximate surface area is 138 Å². The van der Waals surface area contributed by atoms with Crippen LogP contribution in [0.2, 0.25) is 5.02 Å². The van der Waals surface area contributed by atoms with Gasteiger partial charge in [-0.25, -0.2) is 4.79 Å². The molecule has 1 heterocycles. The molecule has 1 aliphatic heterocycles. The van der Waals surface area contributed by atoms with E-state index in [1.807, 2.05) is 39.8 Å². The molecule has 1 fully saturated rings. The maximum absolute atomic E-state index is 12.2. The SMILES string of the molecule is Cc1cc(N2CCN(C(=O)OC(C)(C)C)C[C@H]2C)ccc1Cl. The van der Waals surface area contributed by atoms with Crippen molar-refractivity contribution in [2.75, 3.05) is 24.5 Å². The highest BCUT2D eigenvalue weighted by atomic mass is 35.5. The standard InChI is InChI=1S/C17H25ClN2O2/c1-12-10-14(6-7-15(12)18)20-9-8-19(11-13(20)2)16(21)22-17(3,4)5/h6-7,10,13H,8-9,11H2,1-5H3/t13-/m1/s1. The highest BCUT2D eigenvalue weighted by molar-refractivity contribution is 6.31. The number of piperazine rings is 1. The summed E-state index contributed by atoms with van der Waals surface area (Å²) in [6.07, 6.45) is -0.230. The van der Waals surface area contributed by atoms with Gasteiger partial charge in [0.15, 0.2) is 0 Å². The Morgan fingerprint density at radius 3 is 2.55 bits per heavy atom. The fourth-order valence-corrected chi connectivity index (χ4v) is 2.76. The van der Waals surface area contributed by atoms with Crippen molar-refractivity contribution in [2.45, 2.75) is 46.3 Å². The van der Waals surface area contributed by atoms with Gasteiger partial charge in [0.1, 0.15) is 5.60 Å². The van der Waals surface area contributed by atoms with E-state index in [0.717, 1.165) is 22.8 Å². The van der Waals surface area contributed by atoms with Gasteiger partial charge in [0.25, 0.3) is 0 Å². The van der Waals surface area contributed by atoms with Gasteiger partial charge < -0.3 is 14.5 Å². The second-order valence-electron chi connectivity index (χ2n) is 6.90. The molecule has 5 heteroatoms. The van der Waals surface area contributed by atoms with Crippen LogP contribution in [0, 0.1) is 6.92 Å². The number of nitrogens with zero attached hydrogens (tertiary/aromatic N) is 2. The van der Waals surface area contributed by atoms with Crippen LogP contribution in [0.3, 0.4) is 0 Å². The van der Waals surface area contributed by atoms with E-state index < -0.39 is 5.60 Å². The topological polar surface area (TPSA) is 32.8 Å². The lowest BCUT2D eigenvalue weighted by molar-refractivity contribution is 0.0219. The van der Waals surface area contributed by atoms with E-state index >= 15 is 0 Å². The lowest BCUT2D eigenvalue weighted by atomic mass is 10.1. The largest absolute Gasteiger partial charge is 0.444 e. The monoisotopic (exact) mass is 324 g/mol. The van der Waals surface area contributed by atoms with Crippen molar-refractivity contribution in [1.82, 2.24) is 4.90 Å². The molecule has 0 saturated carbocycles. The molecule has 2 rings (SSSR count). The summed E-state index contributed by atoms with van der Waals surface area (Å²) in [4.78, 5) is 16.3. The number of ether oxygens (including phenoxy) is 1. The molecule has 0 aliphatic carbocycles. The van der Waals surface area contributed by atoms with Crippen molar-refractivity contribution in [3.05, 3.63) is 28.8 Å². The molecule has 0 bridgehead atoms. The Morgan fingerprint density at radius 1 is 1.32 bits per heavy atom. The Bertz CT molecular complexity index is 554. The molecule has 0 unspecified atom stereocenters. The Balaban J connectivity index is 2.03. The number of anilines is 1. The van der Waals surface area contributed by atoms with E-state index in [1.54, 1.807) is 4.90 Å². The summed E-state index contributed by atoms with van der Waals surface area (Å²) in [5.41, 5.74) is 1.77. The molecule has 1 saturated heterocycles. The average molecular weight is 325 g/mol. The van der Waals surface area contributed by atoms with Crippen molar-refractivity contribution in [3.8, 4) is 0 Å². The van der Waals surface area contributed by atoms with Gasteiger partial charge in [0.2, 0.25) is 0 Å². The van der Waals surface area contributed by atoms with Gasteiger partial charge in [0, 0.05) is 36.4 Å². The number of rotatable bonds is 1. The number of halogens is 1. The van der Waals surface area contributed by atoms with E-state index in [9.17, 15) is 4.79 Å². The number of aryl methyl sites for hydroxylation is 1. The predicted octanol–water partition coefficient (Wildman–Crippen LogP) is 4.09. The summed E-state index contributed by atoms with van der Waals surface area (Å²) >= 11 is 6.09. The molecule has 0 N–H and O–H groups in total. The van der Waals surface area contributed by atoms with Crippen LogP contribution in [0.1, 0.15) is 33.3 Å². The van der Waals surface area contributed by atoms with Crippen LogP contribution in [0.25, 0.3) is 0 Å². The van der Waals surface area contributed by atoms with Crippen LogP contribution in [-0.4, -0.2) is 42.3 Å². The molecule has 1 atom stereocenters. The average Bonchev–Trinajstić information content (AvgIpc) is 2.40. The highest BCUT2D eigenvalue weighted by Gasteiger charge is 2.29. The fraction of sp³-hybridized carbons (Fsp3) is 0.588. The van der Waals surface area contributed by atoms with Gasteiger partial charge in [-0.05, 0) is 58.4 Å². The van der Waals surface area contributed by atoms with Gasteiger partial charge in [-0.2, -0.15) is 0 Å². The van der Waals surface area contributed by atoms with Crippen LogP contribution in [0.15, 0.2) is 18.2 Å². The van der Waals surface area contributed by atoms with E-state index in [0.29, 0.717) is 13.1 Å². The normalized spacial score (nSPS) is 19.3. The number of hydrogen-bond donors (Lipinski definition) is 0. The van der Waals surface area contributed by atoms with Crippen LogP contribution in [0.4, 0.5) is 10.5 Å². The smallest absolute Gasteiger partial charge is 0.410 e. The molecule has 0 spiro atoms. The Hall–Kier alpha value is -1.42. The van der Waals surface area contributed by atoms with Crippen molar-refractivity contribution in [2.24, 2.45) is 0 Å². The minimum Gasteiger partial charge on any atom is -0.444 e. The van der Waals surface area contributed by atoms with Crippen LogP contribution >= 0.6 is 11.6 Å². The Morgan fingerprint density at radius 2 is 2.00 bits per heavy atom. The quantitative estimate of drug-likeness (QED) is 0.780. The van der Waals surface area contributed by atoms with Gasteiger partial charge in [-0.3, -0.25) is 0 Å². The van der Waals surface area contributed by atoms with E-state index in [-0.39, 0.29) is 12.1 Å². The van der Waals surface area contributed by atoms with E-state index in [4.69, 9.17) is 16.3 Å². The second-order valence-corrected chi connectivity index (χ2v) is 7.31. The summed E-state index contributed by atoms with van der Waals surface area (Å²) in [5.74, 6) is 0. The van der Waals surface area contributed by atoms with Crippen molar-refractivity contribution in [1.29, 1.82) is 0 Å². The molecular formula is C17H25ClN2O2. The lowest BCUT2D eigenvalue weighted by Gasteiger charge is -2.41. The second kappa shape index (κ2) is 6.37. The number of amides is 1. The molecule has 1 aromatic rings. The predicted molar refractivity (Wildman–Crippen MR) is 90.8 cm³/mol. The zero-order valence-electron chi connectivity index (χ0n) is 14.0. The summed E-state index contributed by atoms with van der Waals surface area (Å²) in [6.45, 7) is 11.9. The Kier molecular flexibility index (Phi) is 4.90. The summed E-state index contributed by atoms with van der Waals surface area (Å²) in [6, 6.07) is 6.30. The first kappa shape index (κ1) is 16.9. The van der Waals surface area contributed by atoms with Crippen LogP contribution < -0.4 is 4.90 Å². The summed E-state index contributed by atoms with van der Waals surface area (Å²) in [5, 5.41) is 0.781. The van der Waals surface area contributed by atoms with Gasteiger partial charge in [0.05, 0.1) is 0 Å². The van der Waals surface area contributed by atoms with Gasteiger partial charge in [-0.1, -0.05) is 11.6 Å². The number of hydrogen-bond acceptors (Lipinski definition) is 3. The van der Waals surface area contributed by atoms with E-state index in [1.165, 1.54) is 0 Å². The molecule has 1 aliphatic rings. The minimum absolute atomic E-state index is 0.230. The molecule has 0 radical (unpaired) electrons. The van der Waals surface area contributed by atoms with Crippen LogP contribution in [0.5, 0.6) is 0 Å². The first-order valence-corrected chi connectivity index (χ1v) is 8.06. The molecule has 4 nitrogen and oxygen atoms in total. The number of carbonyl (C=O) groups is 1. The zero-order chi connectivity index (χ0) is 16.5. The van der Waals surface area contributed by atoms with Crippen molar-refractivity contribution < 1.29 is 9.53 Å². The van der Waals surface area contributed by atoms with Crippen LogP contribution in [-0.2, 0) is 4.74 Å². The molecule has 0 aromatic heterocycles. The first-order valence-electron chi connectivity index (χ1n) is 7.68. The molecule has 1 amide bonds. The molecule has 22 heavy (non-hydrogen) atoms. The maximum atomic E-state index is 12.2. The summed E-state index contributed by atoms with van der Waals surface area (Å²) < 4.78 is 5.45. The molecule has 1 aromatic carbocycles. The third kappa shape index (κ3) is 4.07. The number of benzene rings is 1. The summed E-state index contributed by atoms with van der Waals surface area (Å²) in [7, 11) is 0. The first-order chi connectivity index (χ1) is 10.2. The van der Waals surface area contributed by atoms with E-state index in [2.05, 4.69) is 17.9 Å². The van der Waals surface area contributed by atoms with Crippen molar-refractivity contribution in [3.63, 3.8) is 0 Å². The molecular weight excluding hydrogens is 300 g/mol. The van der Waals surface area contributed by atoms with Gasteiger partial charge >= 0.3 is 6.09 Å². The molecule has 122 valence electrons. The fourth-order valence-electron chi connectivity index (χ4n) is 2.64. The number of carbonyl (C=O) groups excluding carboxylic acids is 1. The minimum atomic E-state index is -0.454. The third-order valence-corrected chi connectivity index (χ3v) is 4.18. The van der Waals surface area contributed by atoms with Gasteiger partial charge in [-0.15, -0.1) is 0 Å². The highest BCUT2D eigenvalue weighted by Crippen LogP contribution is 2.26. The maximum Gasteiger partial charge on any atom is 0.410 e. The third-order valence-electron chi connectivity index (χ3n) is 3.75. The zero-order valence-corrected chi connectivity index (χ0v) is 14.8.